The molecule has 0 unspecified atom stereocenters. The van der Waals surface area contributed by atoms with Gasteiger partial charge >= 0.3 is 12.1 Å². The van der Waals surface area contributed by atoms with Gasteiger partial charge in [0.25, 0.3) is 0 Å². The Morgan fingerprint density at radius 2 is 2.12 bits per heavy atom. The lowest BCUT2D eigenvalue weighted by molar-refractivity contribution is -0.137. The van der Waals surface area contributed by atoms with E-state index in [0.29, 0.717) is 16.6 Å². The Labute approximate surface area is 97.5 Å². The van der Waals surface area contributed by atoms with Gasteiger partial charge in [-0.1, -0.05) is 0 Å². The smallest absolute Gasteiger partial charge is 0.417 e. The first-order chi connectivity index (χ1) is 7.80. The van der Waals surface area contributed by atoms with E-state index in [4.69, 9.17) is 5.11 Å². The van der Waals surface area contributed by atoms with Gasteiger partial charge in [-0.25, -0.2) is 9.78 Å². The van der Waals surface area contributed by atoms with Crippen LogP contribution in [0.3, 0.4) is 0 Å². The van der Waals surface area contributed by atoms with Crippen LogP contribution in [0.2, 0.25) is 0 Å². The number of hydrogen-bond acceptors (Lipinski definition) is 3. The number of pyridine rings is 1. The molecule has 0 radical (unpaired) electrons. The highest BCUT2D eigenvalue weighted by molar-refractivity contribution is 7.20. The Morgan fingerprint density at radius 1 is 1.47 bits per heavy atom. The fraction of sp³-hybridized carbons (Fsp3) is 0.200. The van der Waals surface area contributed by atoms with Crippen LogP contribution in [0.4, 0.5) is 13.2 Å². The minimum atomic E-state index is -4.47. The first kappa shape index (κ1) is 11.8. The fourth-order valence-corrected chi connectivity index (χ4v) is 2.43. The van der Waals surface area contributed by atoms with Crippen LogP contribution in [0, 0.1) is 6.92 Å². The molecular formula is C10H6F3NO2S. The minimum Gasteiger partial charge on any atom is -0.477 e. The molecule has 0 amide bonds. The number of carboxylic acid groups (broad SMARTS) is 1. The summed E-state index contributed by atoms with van der Waals surface area (Å²) in [5.74, 6) is -1.15. The van der Waals surface area contributed by atoms with Crippen LogP contribution in [0.1, 0.15) is 20.8 Å². The average molecular weight is 261 g/mol. The summed E-state index contributed by atoms with van der Waals surface area (Å²) in [5.41, 5.74) is -0.557. The third-order valence-electron chi connectivity index (χ3n) is 2.32. The monoisotopic (exact) mass is 261 g/mol. The third kappa shape index (κ3) is 1.97. The summed E-state index contributed by atoms with van der Waals surface area (Å²) in [7, 11) is 0. The quantitative estimate of drug-likeness (QED) is 0.856. The Kier molecular flexibility index (Phi) is 2.57. The van der Waals surface area contributed by atoms with Crippen LogP contribution in [-0.2, 0) is 6.18 Å². The molecule has 3 nitrogen and oxygen atoms in total. The van der Waals surface area contributed by atoms with Gasteiger partial charge in [0.15, 0.2) is 0 Å². The maximum Gasteiger partial charge on any atom is 0.417 e. The summed E-state index contributed by atoms with van der Waals surface area (Å²) in [4.78, 5) is 14.8. The van der Waals surface area contributed by atoms with Gasteiger partial charge in [-0.15, -0.1) is 11.3 Å². The normalized spacial score (nSPS) is 12.0. The summed E-state index contributed by atoms with van der Waals surface area (Å²) >= 11 is 0.873. The molecule has 0 bridgehead atoms. The van der Waals surface area contributed by atoms with Gasteiger partial charge < -0.3 is 5.11 Å². The predicted octanol–water partition coefficient (Wildman–Crippen LogP) is 3.32. The maximum absolute atomic E-state index is 12.5. The van der Waals surface area contributed by atoms with E-state index < -0.39 is 17.7 Å². The second-order valence-electron chi connectivity index (χ2n) is 3.44. The standard InChI is InChI=1S/C10H6F3NO2S/c1-4-6-2-5(10(11,12)13)3-14-8(6)17-7(4)9(15)16/h2-3H,1H3,(H,15,16). The number of carboxylic acids is 1. The van der Waals surface area contributed by atoms with E-state index in [0.717, 1.165) is 17.4 Å². The molecule has 2 aromatic rings. The number of aryl methyl sites for hydroxylation is 1. The van der Waals surface area contributed by atoms with Crippen LogP contribution in [-0.4, -0.2) is 16.1 Å². The summed E-state index contributed by atoms with van der Waals surface area (Å²) in [5, 5.41) is 9.09. The molecular weight excluding hydrogens is 255 g/mol. The number of carbonyl (C=O) groups is 1. The van der Waals surface area contributed by atoms with Gasteiger partial charge in [-0.05, 0) is 18.6 Å². The second-order valence-corrected chi connectivity index (χ2v) is 4.43. The number of thiophene rings is 1. The number of alkyl halides is 3. The number of halogens is 3. The topological polar surface area (TPSA) is 50.2 Å². The molecule has 17 heavy (non-hydrogen) atoms. The van der Waals surface area contributed by atoms with Crippen LogP contribution in [0.15, 0.2) is 12.3 Å². The van der Waals surface area contributed by atoms with Gasteiger partial charge in [0.05, 0.1) is 5.56 Å². The van der Waals surface area contributed by atoms with Crippen LogP contribution in [0.25, 0.3) is 10.2 Å². The zero-order valence-corrected chi connectivity index (χ0v) is 9.32. The number of nitrogens with zero attached hydrogens (tertiary/aromatic N) is 1. The van der Waals surface area contributed by atoms with Crippen molar-refractivity contribution in [1.29, 1.82) is 0 Å². The molecule has 0 aliphatic heterocycles. The van der Waals surface area contributed by atoms with E-state index in [1.165, 1.54) is 6.92 Å². The lowest BCUT2D eigenvalue weighted by Crippen LogP contribution is -2.04. The molecule has 90 valence electrons. The molecule has 2 aromatic heterocycles. The van der Waals surface area contributed by atoms with Crippen molar-refractivity contribution in [3.05, 3.63) is 28.3 Å². The van der Waals surface area contributed by atoms with Crippen molar-refractivity contribution in [2.24, 2.45) is 0 Å². The minimum absolute atomic E-state index is 0.0202. The molecule has 2 rings (SSSR count). The fourth-order valence-electron chi connectivity index (χ4n) is 1.46. The summed E-state index contributed by atoms with van der Waals surface area (Å²) in [6, 6.07) is 0.931. The van der Waals surface area contributed by atoms with E-state index in [-0.39, 0.29) is 10.3 Å². The van der Waals surface area contributed by atoms with E-state index >= 15 is 0 Å². The first-order valence-corrected chi connectivity index (χ1v) is 5.32. The van der Waals surface area contributed by atoms with Crippen molar-refractivity contribution in [3.63, 3.8) is 0 Å². The van der Waals surface area contributed by atoms with Gasteiger partial charge in [0.2, 0.25) is 0 Å². The lowest BCUT2D eigenvalue weighted by Gasteiger charge is -2.05. The number of rotatable bonds is 1. The van der Waals surface area contributed by atoms with Crippen molar-refractivity contribution >= 4 is 27.5 Å². The molecule has 0 saturated heterocycles. The molecule has 1 N–H and O–H groups in total. The molecule has 2 heterocycles. The molecule has 0 saturated carbocycles. The maximum atomic E-state index is 12.5. The number of aromatic carboxylic acids is 1. The van der Waals surface area contributed by atoms with Crippen molar-refractivity contribution < 1.29 is 23.1 Å². The lowest BCUT2D eigenvalue weighted by atomic mass is 10.1. The predicted molar refractivity (Wildman–Crippen MR) is 56.3 cm³/mol. The molecule has 0 fully saturated rings. The van der Waals surface area contributed by atoms with E-state index in [2.05, 4.69) is 4.98 Å². The van der Waals surface area contributed by atoms with Gasteiger partial charge in [-0.3, -0.25) is 0 Å². The van der Waals surface area contributed by atoms with Crippen LogP contribution >= 0.6 is 11.3 Å². The van der Waals surface area contributed by atoms with Crippen molar-refractivity contribution in [2.45, 2.75) is 13.1 Å². The summed E-state index contributed by atoms with van der Waals surface area (Å²) in [6.45, 7) is 1.48. The Hall–Kier alpha value is -1.63. The van der Waals surface area contributed by atoms with Gasteiger partial charge in [0, 0.05) is 11.6 Å². The summed E-state index contributed by atoms with van der Waals surface area (Å²) in [6.07, 6.45) is -3.76. The first-order valence-electron chi connectivity index (χ1n) is 4.50. The van der Waals surface area contributed by atoms with Crippen LogP contribution < -0.4 is 0 Å². The van der Waals surface area contributed by atoms with E-state index in [1.807, 2.05) is 0 Å². The molecule has 0 aliphatic carbocycles. The second kappa shape index (κ2) is 3.69. The molecule has 0 aliphatic rings. The van der Waals surface area contributed by atoms with E-state index in [9.17, 15) is 18.0 Å². The highest BCUT2D eigenvalue weighted by atomic mass is 32.1. The number of aromatic nitrogens is 1. The highest BCUT2D eigenvalue weighted by Gasteiger charge is 2.31. The van der Waals surface area contributed by atoms with Gasteiger partial charge in [-0.2, -0.15) is 13.2 Å². The highest BCUT2D eigenvalue weighted by Crippen LogP contribution is 2.35. The zero-order chi connectivity index (χ0) is 12.8. The molecule has 7 heteroatoms. The third-order valence-corrected chi connectivity index (χ3v) is 3.52. The Morgan fingerprint density at radius 3 is 2.65 bits per heavy atom. The SMILES string of the molecule is Cc1c(C(=O)O)sc2ncc(C(F)(F)F)cc12. The Bertz CT molecular complexity index is 603. The van der Waals surface area contributed by atoms with Crippen molar-refractivity contribution in [3.8, 4) is 0 Å². The number of hydrogen-bond donors (Lipinski definition) is 1. The molecule has 0 atom stereocenters. The van der Waals surface area contributed by atoms with Crippen LogP contribution in [0.5, 0.6) is 0 Å². The molecule has 0 aromatic carbocycles. The zero-order valence-electron chi connectivity index (χ0n) is 8.50. The summed E-state index contributed by atoms with van der Waals surface area (Å²) < 4.78 is 37.4. The van der Waals surface area contributed by atoms with E-state index in [1.54, 1.807) is 0 Å². The van der Waals surface area contributed by atoms with Gasteiger partial charge in [0.1, 0.15) is 9.71 Å². The van der Waals surface area contributed by atoms with Crippen molar-refractivity contribution in [1.82, 2.24) is 4.98 Å². The molecule has 0 spiro atoms. The Balaban J connectivity index is 2.70. The van der Waals surface area contributed by atoms with Crippen molar-refractivity contribution in [2.75, 3.05) is 0 Å². The number of fused-ring (bicyclic) bond motifs is 1. The largest absolute Gasteiger partial charge is 0.477 e. The average Bonchev–Trinajstić information content (AvgIpc) is 2.54.